The van der Waals surface area contributed by atoms with Crippen LogP contribution >= 0.6 is 0 Å². The molecule has 48 heavy (non-hydrogen) atoms. The van der Waals surface area contributed by atoms with Crippen LogP contribution in [0.25, 0.3) is 32.7 Å². The molecular weight excluding hydrogens is 600 g/mol. The van der Waals surface area contributed by atoms with E-state index >= 15 is 0 Å². The molecule has 6 nitrogen and oxygen atoms in total. The van der Waals surface area contributed by atoms with E-state index in [9.17, 15) is 19.5 Å². The first kappa shape index (κ1) is 38.4. The molecule has 0 fully saturated rings. The molecule has 6 rings (SSSR count). The lowest BCUT2D eigenvalue weighted by Crippen LogP contribution is -1.95. The highest BCUT2D eigenvalue weighted by Gasteiger charge is 2.03. The van der Waals surface area contributed by atoms with Crippen LogP contribution in [0.5, 0.6) is 17.2 Å². The van der Waals surface area contributed by atoms with Gasteiger partial charge >= 0.3 is 0 Å². The first-order valence-corrected chi connectivity index (χ1v) is 14.7. The second-order valence-electron chi connectivity index (χ2n) is 10.6. The summed E-state index contributed by atoms with van der Waals surface area (Å²) in [6.45, 7) is 4.55. The van der Waals surface area contributed by atoms with Crippen LogP contribution in [-0.4, -0.2) is 36.7 Å². The van der Waals surface area contributed by atoms with Crippen LogP contribution in [0, 0.1) is 0 Å². The van der Waals surface area contributed by atoms with E-state index in [2.05, 4.69) is 36.4 Å². The van der Waals surface area contributed by atoms with Gasteiger partial charge in [-0.15, -0.1) is 0 Å². The molecule has 0 aliphatic carbocycles. The van der Waals surface area contributed by atoms with Crippen molar-refractivity contribution in [3.63, 3.8) is 0 Å². The van der Waals surface area contributed by atoms with E-state index in [1.54, 1.807) is 69.7 Å². The van der Waals surface area contributed by atoms with E-state index in [1.165, 1.54) is 35.7 Å². The van der Waals surface area contributed by atoms with Crippen LogP contribution in [0.3, 0.4) is 0 Å². The minimum Gasteiger partial charge on any atom is -0.508 e. The molecule has 0 aliphatic heterocycles. The number of hydrogen-bond acceptors (Lipinski definition) is 6. The lowest BCUT2D eigenvalue weighted by molar-refractivity contribution is 0.100. The summed E-state index contributed by atoms with van der Waals surface area (Å²) < 4.78 is 10.4. The summed E-state index contributed by atoms with van der Waals surface area (Å²) in [6, 6.07) is 37.9. The molecule has 6 aromatic rings. The number of hydrogen-bond donors (Lipinski definition) is 1. The number of phenolic OH excluding ortho intramolecular Hbond substituents is 1. The summed E-state index contributed by atoms with van der Waals surface area (Å²) in [4.78, 5) is 32.8. The number of ether oxygens (including phenoxy) is 2. The average molecular weight is 645 g/mol. The number of phenols is 1. The Morgan fingerprint density at radius 2 is 0.833 bits per heavy atom. The molecule has 0 aliphatic rings. The molecule has 1 N–H and O–H groups in total. The van der Waals surface area contributed by atoms with E-state index in [-0.39, 0.29) is 38.0 Å². The second-order valence-corrected chi connectivity index (χ2v) is 10.6. The number of rotatable bonds is 6. The quantitative estimate of drug-likeness (QED) is 0.181. The highest BCUT2D eigenvalue weighted by atomic mass is 16.5. The van der Waals surface area contributed by atoms with Crippen LogP contribution in [0.2, 0.25) is 0 Å². The number of benzene rings is 6. The molecule has 0 spiro atoms. The van der Waals surface area contributed by atoms with Gasteiger partial charge in [-0.1, -0.05) is 87.6 Å². The van der Waals surface area contributed by atoms with Crippen molar-refractivity contribution in [1.82, 2.24) is 0 Å². The van der Waals surface area contributed by atoms with Gasteiger partial charge in [0, 0.05) is 16.7 Å². The minimum absolute atomic E-state index is 0. The van der Waals surface area contributed by atoms with Crippen molar-refractivity contribution in [2.45, 2.75) is 35.6 Å². The van der Waals surface area contributed by atoms with Crippen molar-refractivity contribution in [3.05, 3.63) is 138 Å². The van der Waals surface area contributed by atoms with Gasteiger partial charge in [0.2, 0.25) is 0 Å². The Bertz CT molecular complexity index is 1960. The molecular formula is C42H44O6. The number of ketones is 3. The topological polar surface area (TPSA) is 89.9 Å². The van der Waals surface area contributed by atoms with Gasteiger partial charge in [0.15, 0.2) is 17.3 Å². The summed E-state index contributed by atoms with van der Waals surface area (Å²) in [5.41, 5.74) is 4.36. The molecule has 0 atom stereocenters. The van der Waals surface area contributed by atoms with Crippen LogP contribution in [0.15, 0.2) is 121 Å². The predicted molar refractivity (Wildman–Crippen MR) is 198 cm³/mol. The fourth-order valence-electron chi connectivity index (χ4n) is 4.71. The molecule has 0 unspecified atom stereocenters. The zero-order valence-electron chi connectivity index (χ0n) is 26.5. The third kappa shape index (κ3) is 10.1. The minimum atomic E-state index is 0. The Morgan fingerprint density at radius 3 is 1.38 bits per heavy atom. The molecule has 0 aromatic heterocycles. The van der Waals surface area contributed by atoms with E-state index in [4.69, 9.17) is 9.47 Å². The van der Waals surface area contributed by atoms with Crippen molar-refractivity contribution in [2.75, 3.05) is 14.2 Å². The number of carbonyl (C=O) groups is 3. The SMILES string of the molecule is C.C.CC(=O)c1ccc(C(C)=O)cc1.CC(=O)c1ccc2cc(O)ccc2c1.COc1ccc(-c2ccc3cc(OC)ccc3c2)cc1. The van der Waals surface area contributed by atoms with Crippen molar-refractivity contribution < 1.29 is 29.0 Å². The maximum atomic E-state index is 11.1. The molecule has 0 saturated heterocycles. The van der Waals surface area contributed by atoms with Gasteiger partial charge in [0.1, 0.15) is 17.2 Å². The molecule has 248 valence electrons. The Balaban J connectivity index is 0.000000255. The fourth-order valence-corrected chi connectivity index (χ4v) is 4.71. The zero-order valence-corrected chi connectivity index (χ0v) is 26.5. The summed E-state index contributed by atoms with van der Waals surface area (Å²) in [5, 5.41) is 13.5. The third-order valence-electron chi connectivity index (χ3n) is 7.40. The lowest BCUT2D eigenvalue weighted by atomic mass is 10.0. The number of Topliss-reactive ketones (excluding diaryl/α,β-unsaturated/α-hetero) is 3. The standard InChI is InChI=1S/C18H16O2.C12H10O2.C10H10O2.2CH4/c1-19-17-8-5-13(6-9-17)14-3-4-16-12-18(20-2)10-7-15(16)11-14;1-8(13)9-2-3-11-7-12(14)5-4-10(11)6-9;1-7(11)9-3-5-10(6-4-9)8(2)12;;/h3-12H,1-2H3;2-7,14H,1H3;3-6H,1-2H3;2*1H4. The van der Waals surface area contributed by atoms with Crippen LogP contribution in [-0.2, 0) is 0 Å². The number of fused-ring (bicyclic) bond motifs is 2. The van der Waals surface area contributed by atoms with Crippen molar-refractivity contribution in [1.29, 1.82) is 0 Å². The van der Waals surface area contributed by atoms with E-state index < -0.39 is 0 Å². The smallest absolute Gasteiger partial charge is 0.159 e. The zero-order chi connectivity index (χ0) is 33.2. The summed E-state index contributed by atoms with van der Waals surface area (Å²) >= 11 is 0. The predicted octanol–water partition coefficient (Wildman–Crippen LogP) is 10.6. The third-order valence-corrected chi connectivity index (χ3v) is 7.40. The summed E-state index contributed by atoms with van der Waals surface area (Å²) in [7, 11) is 3.37. The van der Waals surface area contributed by atoms with Crippen LogP contribution in [0.4, 0.5) is 0 Å². The van der Waals surface area contributed by atoms with E-state index in [0.717, 1.165) is 22.3 Å². The maximum Gasteiger partial charge on any atom is 0.159 e. The highest BCUT2D eigenvalue weighted by molar-refractivity contribution is 5.99. The summed E-state index contributed by atoms with van der Waals surface area (Å²) in [6.07, 6.45) is 0. The first-order valence-electron chi connectivity index (χ1n) is 14.7. The van der Waals surface area contributed by atoms with Gasteiger partial charge in [0.05, 0.1) is 14.2 Å². The van der Waals surface area contributed by atoms with Gasteiger partial charge < -0.3 is 14.6 Å². The Kier molecular flexibility index (Phi) is 14.3. The van der Waals surface area contributed by atoms with Crippen molar-refractivity contribution in [2.24, 2.45) is 0 Å². The van der Waals surface area contributed by atoms with Crippen LogP contribution < -0.4 is 9.47 Å². The molecule has 6 heteroatoms. The monoisotopic (exact) mass is 644 g/mol. The lowest BCUT2D eigenvalue weighted by Gasteiger charge is -2.07. The molecule has 0 saturated carbocycles. The Labute approximate surface area is 283 Å². The summed E-state index contributed by atoms with van der Waals surface area (Å²) in [5.74, 6) is 2.09. The number of aromatic hydroxyl groups is 1. The molecule has 0 heterocycles. The maximum absolute atomic E-state index is 11.1. The highest BCUT2D eigenvalue weighted by Crippen LogP contribution is 2.28. The fraction of sp³-hybridized carbons (Fsp3) is 0.167. The van der Waals surface area contributed by atoms with E-state index in [1.807, 2.05) is 36.4 Å². The van der Waals surface area contributed by atoms with Crippen molar-refractivity contribution >= 4 is 38.9 Å². The van der Waals surface area contributed by atoms with Gasteiger partial charge in [0.25, 0.3) is 0 Å². The molecule has 6 aromatic carbocycles. The van der Waals surface area contributed by atoms with E-state index in [0.29, 0.717) is 16.7 Å². The normalized spacial score (nSPS) is 9.77. The second kappa shape index (κ2) is 17.8. The van der Waals surface area contributed by atoms with Crippen molar-refractivity contribution in [3.8, 4) is 28.4 Å². The van der Waals surface area contributed by atoms with Gasteiger partial charge in [-0.3, -0.25) is 14.4 Å². The van der Waals surface area contributed by atoms with Gasteiger partial charge in [-0.05, 0) is 102 Å². The Hall–Kier alpha value is -5.75. The van der Waals surface area contributed by atoms with Gasteiger partial charge in [-0.2, -0.15) is 0 Å². The molecule has 0 radical (unpaired) electrons. The Morgan fingerprint density at radius 1 is 0.438 bits per heavy atom. The first-order chi connectivity index (χ1) is 22.1. The number of methoxy groups -OCH3 is 2. The molecule has 0 bridgehead atoms. The number of carbonyl (C=O) groups excluding carboxylic acids is 3. The van der Waals surface area contributed by atoms with Gasteiger partial charge in [-0.25, -0.2) is 0 Å². The largest absolute Gasteiger partial charge is 0.508 e. The van der Waals surface area contributed by atoms with Crippen LogP contribution in [0.1, 0.15) is 66.7 Å². The average Bonchev–Trinajstić information content (AvgIpc) is 3.08. The molecule has 0 amide bonds.